The Balaban J connectivity index is 1.35. The summed E-state index contributed by atoms with van der Waals surface area (Å²) in [7, 11) is 0. The fourth-order valence-electron chi connectivity index (χ4n) is 3.51. The molecule has 0 spiro atoms. The first-order chi connectivity index (χ1) is 15.6. The molecule has 0 atom stereocenters. The maximum atomic E-state index is 12.2. The molecule has 0 aliphatic heterocycles. The predicted octanol–water partition coefficient (Wildman–Crippen LogP) is 2.25. The lowest BCUT2D eigenvalue weighted by atomic mass is 10.1. The first-order valence-electron chi connectivity index (χ1n) is 9.83. The van der Waals surface area contributed by atoms with Gasteiger partial charge in [-0.25, -0.2) is 9.97 Å². The average Bonchev–Trinajstić information content (AvgIpc) is 3.50. The van der Waals surface area contributed by atoms with E-state index in [1.807, 2.05) is 36.5 Å². The number of aromatic amines is 1. The molecule has 0 aliphatic rings. The van der Waals surface area contributed by atoms with E-state index < -0.39 is 0 Å². The molecule has 0 bridgehead atoms. The zero-order valence-corrected chi connectivity index (χ0v) is 16.8. The summed E-state index contributed by atoms with van der Waals surface area (Å²) in [6.07, 6.45) is 5.04. The van der Waals surface area contributed by atoms with Gasteiger partial charge in [0.2, 0.25) is 0 Å². The van der Waals surface area contributed by atoms with Gasteiger partial charge >= 0.3 is 0 Å². The van der Waals surface area contributed by atoms with Crippen LogP contribution in [-0.2, 0) is 6.54 Å². The number of fused-ring (bicyclic) bond motifs is 3. The topological polar surface area (TPSA) is 151 Å². The summed E-state index contributed by atoms with van der Waals surface area (Å²) < 4.78 is 1.73. The molecule has 5 rings (SSSR count). The van der Waals surface area contributed by atoms with Gasteiger partial charge in [0.05, 0.1) is 23.3 Å². The Bertz CT molecular complexity index is 1480. The molecule has 0 fully saturated rings. The van der Waals surface area contributed by atoms with Crippen molar-refractivity contribution in [3.05, 3.63) is 66.2 Å². The minimum absolute atomic E-state index is 0.252. The summed E-state index contributed by atoms with van der Waals surface area (Å²) in [6, 6.07) is 12.9. The molecule has 32 heavy (non-hydrogen) atoms. The Kier molecular flexibility index (Phi) is 4.68. The Morgan fingerprint density at radius 2 is 2.12 bits per heavy atom. The molecule has 156 valence electrons. The zero-order chi connectivity index (χ0) is 22.1. The van der Waals surface area contributed by atoms with Crippen molar-refractivity contribution in [1.82, 2.24) is 35.3 Å². The second-order valence-corrected chi connectivity index (χ2v) is 7.14. The number of aromatic nitrogens is 6. The third-order valence-corrected chi connectivity index (χ3v) is 5.08. The highest BCUT2D eigenvalue weighted by atomic mass is 16.1. The number of H-pyrrole nitrogens is 1. The minimum Gasteiger partial charge on any atom is -0.382 e. The molecule has 10 nitrogen and oxygen atoms in total. The highest BCUT2D eigenvalue weighted by Crippen LogP contribution is 2.29. The van der Waals surface area contributed by atoms with E-state index in [1.54, 1.807) is 16.9 Å². The van der Waals surface area contributed by atoms with Gasteiger partial charge in [0.25, 0.3) is 5.91 Å². The van der Waals surface area contributed by atoms with E-state index >= 15 is 0 Å². The van der Waals surface area contributed by atoms with Gasteiger partial charge in [-0.1, -0.05) is 12.1 Å². The molecule has 0 saturated heterocycles. The van der Waals surface area contributed by atoms with Crippen molar-refractivity contribution >= 4 is 33.5 Å². The number of hydrogen-bond donors (Lipinski definition) is 3. The molecule has 5 aromatic rings. The van der Waals surface area contributed by atoms with Gasteiger partial charge in [-0.15, -0.1) is 0 Å². The number of nitrogens with two attached hydrogens (primary N) is 1. The smallest absolute Gasteiger partial charge is 0.269 e. The van der Waals surface area contributed by atoms with Crippen LogP contribution in [0.15, 0.2) is 55.0 Å². The van der Waals surface area contributed by atoms with E-state index in [9.17, 15) is 4.79 Å². The monoisotopic (exact) mass is 423 g/mol. The number of carbonyl (C=O) groups excluding carboxylic acids is 1. The summed E-state index contributed by atoms with van der Waals surface area (Å²) in [6.45, 7) is 0.798. The number of carbonyl (C=O) groups is 1. The van der Waals surface area contributed by atoms with Crippen LogP contribution in [-0.4, -0.2) is 42.4 Å². The van der Waals surface area contributed by atoms with Crippen LogP contribution in [0.2, 0.25) is 0 Å². The number of benzene rings is 1. The van der Waals surface area contributed by atoms with Crippen molar-refractivity contribution in [3.8, 4) is 17.3 Å². The van der Waals surface area contributed by atoms with Crippen LogP contribution in [0.25, 0.3) is 33.1 Å². The van der Waals surface area contributed by atoms with Crippen LogP contribution >= 0.6 is 0 Å². The van der Waals surface area contributed by atoms with Crippen molar-refractivity contribution in [2.24, 2.45) is 0 Å². The molecule has 1 aromatic carbocycles. The quantitative estimate of drug-likeness (QED) is 0.392. The molecule has 0 unspecified atom stereocenters. The van der Waals surface area contributed by atoms with Crippen molar-refractivity contribution in [1.29, 1.82) is 5.26 Å². The lowest BCUT2D eigenvalue weighted by Crippen LogP contribution is -2.28. The Morgan fingerprint density at radius 3 is 2.88 bits per heavy atom. The molecule has 1 amide bonds. The van der Waals surface area contributed by atoms with E-state index in [0.29, 0.717) is 30.0 Å². The summed E-state index contributed by atoms with van der Waals surface area (Å²) in [5.74, 6) is 0.0278. The van der Waals surface area contributed by atoms with Gasteiger partial charge in [0.1, 0.15) is 17.3 Å². The third kappa shape index (κ3) is 3.48. The highest BCUT2D eigenvalue weighted by molar-refractivity contribution is 6.08. The molecular weight excluding hydrogens is 406 g/mol. The lowest BCUT2D eigenvalue weighted by molar-refractivity contribution is 0.0947. The number of amides is 1. The summed E-state index contributed by atoms with van der Waals surface area (Å²) in [4.78, 5) is 20.7. The van der Waals surface area contributed by atoms with Crippen LogP contribution in [0.4, 0.5) is 5.82 Å². The number of nitrogens with one attached hydrogen (secondary N) is 2. The molecule has 4 heterocycles. The predicted molar refractivity (Wildman–Crippen MR) is 118 cm³/mol. The number of pyridine rings is 2. The van der Waals surface area contributed by atoms with Crippen molar-refractivity contribution in [2.45, 2.75) is 6.54 Å². The molecule has 0 aliphatic carbocycles. The van der Waals surface area contributed by atoms with E-state index in [-0.39, 0.29) is 11.6 Å². The number of nitrogen functional groups attached to an aromatic ring is 1. The zero-order valence-electron chi connectivity index (χ0n) is 16.8. The summed E-state index contributed by atoms with van der Waals surface area (Å²) >= 11 is 0. The van der Waals surface area contributed by atoms with E-state index in [1.165, 1.54) is 12.3 Å². The second kappa shape index (κ2) is 7.81. The van der Waals surface area contributed by atoms with Gasteiger partial charge < -0.3 is 11.1 Å². The molecule has 4 N–H and O–H groups in total. The first kappa shape index (κ1) is 19.2. The Hall–Kier alpha value is -4.78. The Morgan fingerprint density at radius 1 is 1.22 bits per heavy atom. The van der Waals surface area contributed by atoms with Crippen LogP contribution in [0.3, 0.4) is 0 Å². The summed E-state index contributed by atoms with van der Waals surface area (Å²) in [5, 5.41) is 25.0. The lowest BCUT2D eigenvalue weighted by Gasteiger charge is -2.04. The number of hydrogen-bond acceptors (Lipinski definition) is 7. The molecular formula is C22H17N9O. The van der Waals surface area contributed by atoms with E-state index in [4.69, 9.17) is 11.0 Å². The van der Waals surface area contributed by atoms with Crippen molar-refractivity contribution in [2.75, 3.05) is 12.3 Å². The van der Waals surface area contributed by atoms with Crippen LogP contribution in [0.1, 0.15) is 16.1 Å². The van der Waals surface area contributed by atoms with E-state index in [0.717, 1.165) is 27.5 Å². The van der Waals surface area contributed by atoms with Gasteiger partial charge in [0.15, 0.2) is 5.82 Å². The second-order valence-electron chi connectivity index (χ2n) is 7.14. The molecule has 0 saturated carbocycles. The third-order valence-electron chi connectivity index (χ3n) is 5.08. The first-order valence-corrected chi connectivity index (χ1v) is 9.83. The number of nitriles is 1. The fraction of sp³-hybridized carbons (Fsp3) is 0.0909. The maximum Gasteiger partial charge on any atom is 0.269 e. The number of anilines is 1. The number of nitrogens with zero attached hydrogens (tertiary/aromatic N) is 6. The molecule has 10 heteroatoms. The van der Waals surface area contributed by atoms with Crippen LogP contribution in [0.5, 0.6) is 0 Å². The molecule has 4 aromatic heterocycles. The minimum atomic E-state index is -0.316. The van der Waals surface area contributed by atoms with Crippen LogP contribution < -0.4 is 11.1 Å². The van der Waals surface area contributed by atoms with E-state index in [2.05, 4.69) is 30.6 Å². The Labute approximate surface area is 181 Å². The fourth-order valence-corrected chi connectivity index (χ4v) is 3.51. The average molecular weight is 423 g/mol. The van der Waals surface area contributed by atoms with Crippen LogP contribution in [0, 0.1) is 11.3 Å². The normalized spacial score (nSPS) is 11.0. The van der Waals surface area contributed by atoms with Crippen molar-refractivity contribution < 1.29 is 4.79 Å². The largest absolute Gasteiger partial charge is 0.382 e. The maximum absolute atomic E-state index is 12.2. The van der Waals surface area contributed by atoms with Gasteiger partial charge in [-0.2, -0.15) is 15.5 Å². The summed E-state index contributed by atoms with van der Waals surface area (Å²) in [5.41, 5.74) is 9.97. The standard InChI is InChI=1S/C22H17N9O/c23-10-13-1-4-18(26-11-13)22(32)25-7-8-31-12-16-15-3-2-14(17-5-6-27-29-17)9-19(15)28-21(24)20(16)30-31/h1-6,9,11-12H,7-8H2,(H2,24,28)(H,25,32)(H,27,29). The van der Waals surface area contributed by atoms with Gasteiger partial charge in [-0.3, -0.25) is 14.6 Å². The van der Waals surface area contributed by atoms with Gasteiger partial charge in [-0.05, 0) is 24.3 Å². The molecule has 0 radical (unpaired) electrons. The highest BCUT2D eigenvalue weighted by Gasteiger charge is 2.13. The number of rotatable bonds is 5. The van der Waals surface area contributed by atoms with Gasteiger partial charge in [0, 0.05) is 41.5 Å². The van der Waals surface area contributed by atoms with Crippen molar-refractivity contribution in [3.63, 3.8) is 0 Å². The SMILES string of the molecule is N#Cc1ccc(C(=O)NCCn2cc3c(n2)c(N)nc2cc(-c4cc[nH]n4)ccc23)nc1.